The first-order chi connectivity index (χ1) is 15.0. The smallest absolute Gasteiger partial charge is 0.251 e. The number of nitrogens with zero attached hydrogens (tertiary/aromatic N) is 1. The van der Waals surface area contributed by atoms with Crippen molar-refractivity contribution in [1.29, 1.82) is 0 Å². The second kappa shape index (κ2) is 10.5. The molecule has 1 saturated heterocycles. The summed E-state index contributed by atoms with van der Waals surface area (Å²) < 4.78 is 16.0. The summed E-state index contributed by atoms with van der Waals surface area (Å²) in [5.41, 5.74) is 1.42. The third-order valence-corrected chi connectivity index (χ3v) is 5.28. The van der Waals surface area contributed by atoms with Gasteiger partial charge < -0.3 is 24.4 Å². The first-order valence-corrected chi connectivity index (χ1v) is 10.2. The number of hydrogen-bond donors (Lipinski definition) is 1. The quantitative estimate of drug-likeness (QED) is 0.691. The van der Waals surface area contributed by atoms with E-state index in [1.54, 1.807) is 62.6 Å². The fourth-order valence-corrected chi connectivity index (χ4v) is 3.57. The van der Waals surface area contributed by atoms with Crippen LogP contribution in [0.5, 0.6) is 17.2 Å². The van der Waals surface area contributed by atoms with E-state index in [2.05, 4.69) is 5.32 Å². The average Bonchev–Trinajstić information content (AvgIpc) is 2.82. The predicted octanol–water partition coefficient (Wildman–Crippen LogP) is 3.15. The minimum absolute atomic E-state index is 0.0656. The van der Waals surface area contributed by atoms with Crippen LogP contribution in [0.1, 0.15) is 28.8 Å². The SMILES string of the molecule is COc1cc(C=CC(=O)N2CCC(NC(=O)c3ccccc3)CC2)cc(OC)c1OC. The Labute approximate surface area is 182 Å². The van der Waals surface area contributed by atoms with Crippen LogP contribution in [0.25, 0.3) is 6.08 Å². The molecule has 0 aliphatic carbocycles. The van der Waals surface area contributed by atoms with Gasteiger partial charge in [0.25, 0.3) is 5.91 Å². The van der Waals surface area contributed by atoms with Crippen molar-refractivity contribution in [3.8, 4) is 17.2 Å². The molecule has 1 N–H and O–H groups in total. The van der Waals surface area contributed by atoms with Crippen LogP contribution < -0.4 is 19.5 Å². The molecule has 1 heterocycles. The zero-order valence-electron chi connectivity index (χ0n) is 18.1. The summed E-state index contributed by atoms with van der Waals surface area (Å²) in [7, 11) is 4.65. The van der Waals surface area contributed by atoms with Gasteiger partial charge in [-0.2, -0.15) is 0 Å². The van der Waals surface area contributed by atoms with Crippen LogP contribution in [-0.4, -0.2) is 57.2 Å². The molecule has 1 aliphatic heterocycles. The molecule has 2 amide bonds. The van der Waals surface area contributed by atoms with E-state index in [9.17, 15) is 9.59 Å². The molecule has 0 aromatic heterocycles. The lowest BCUT2D eigenvalue weighted by molar-refractivity contribution is -0.126. The highest BCUT2D eigenvalue weighted by molar-refractivity contribution is 5.94. The Balaban J connectivity index is 1.56. The van der Waals surface area contributed by atoms with E-state index in [0.29, 0.717) is 35.9 Å². The number of carbonyl (C=O) groups excluding carboxylic acids is 2. The second-order valence-corrected chi connectivity index (χ2v) is 7.23. The molecule has 1 fully saturated rings. The molecule has 0 radical (unpaired) electrons. The topological polar surface area (TPSA) is 77.1 Å². The van der Waals surface area contributed by atoms with Gasteiger partial charge in [-0.05, 0) is 48.7 Å². The highest BCUT2D eigenvalue weighted by Crippen LogP contribution is 2.38. The van der Waals surface area contributed by atoms with E-state index >= 15 is 0 Å². The normalized spacial score (nSPS) is 14.4. The predicted molar refractivity (Wildman–Crippen MR) is 119 cm³/mol. The summed E-state index contributed by atoms with van der Waals surface area (Å²) in [6.07, 6.45) is 4.73. The third kappa shape index (κ3) is 5.57. The van der Waals surface area contributed by atoms with Crippen molar-refractivity contribution in [2.24, 2.45) is 0 Å². The fraction of sp³-hybridized carbons (Fsp3) is 0.333. The molecular weight excluding hydrogens is 396 g/mol. The second-order valence-electron chi connectivity index (χ2n) is 7.23. The van der Waals surface area contributed by atoms with Crippen molar-refractivity contribution >= 4 is 17.9 Å². The van der Waals surface area contributed by atoms with Crippen molar-refractivity contribution in [2.45, 2.75) is 18.9 Å². The fourth-order valence-electron chi connectivity index (χ4n) is 3.57. The first kappa shape index (κ1) is 22.2. The Kier molecular flexibility index (Phi) is 7.54. The lowest BCUT2D eigenvalue weighted by Gasteiger charge is -2.31. The summed E-state index contributed by atoms with van der Waals surface area (Å²) in [5.74, 6) is 1.43. The number of nitrogens with one attached hydrogen (secondary N) is 1. The van der Waals surface area contributed by atoms with Gasteiger partial charge >= 0.3 is 0 Å². The Morgan fingerprint density at radius 3 is 2.13 bits per heavy atom. The third-order valence-electron chi connectivity index (χ3n) is 5.28. The summed E-state index contributed by atoms with van der Waals surface area (Å²) >= 11 is 0. The van der Waals surface area contributed by atoms with Gasteiger partial charge in [0, 0.05) is 30.8 Å². The maximum absolute atomic E-state index is 12.6. The van der Waals surface area contributed by atoms with Gasteiger partial charge in [0.1, 0.15) is 0 Å². The largest absolute Gasteiger partial charge is 0.493 e. The number of carbonyl (C=O) groups is 2. The van der Waals surface area contributed by atoms with Crippen molar-refractivity contribution in [3.05, 3.63) is 59.7 Å². The minimum atomic E-state index is -0.0762. The maximum Gasteiger partial charge on any atom is 0.251 e. The molecule has 3 rings (SSSR count). The number of rotatable bonds is 7. The van der Waals surface area contributed by atoms with Crippen molar-refractivity contribution in [3.63, 3.8) is 0 Å². The van der Waals surface area contributed by atoms with Crippen LogP contribution in [0.15, 0.2) is 48.5 Å². The highest BCUT2D eigenvalue weighted by Gasteiger charge is 2.23. The van der Waals surface area contributed by atoms with Gasteiger partial charge in [-0.3, -0.25) is 9.59 Å². The van der Waals surface area contributed by atoms with Crippen molar-refractivity contribution in [1.82, 2.24) is 10.2 Å². The number of likely N-dealkylation sites (tertiary alicyclic amines) is 1. The summed E-state index contributed by atoms with van der Waals surface area (Å²) in [5, 5.41) is 3.05. The zero-order valence-corrected chi connectivity index (χ0v) is 18.1. The molecule has 31 heavy (non-hydrogen) atoms. The van der Waals surface area contributed by atoms with E-state index < -0.39 is 0 Å². The summed E-state index contributed by atoms with van der Waals surface area (Å²) in [6, 6.07) is 12.8. The molecule has 2 aromatic rings. The molecule has 164 valence electrons. The van der Waals surface area contributed by atoms with Gasteiger partial charge in [0.2, 0.25) is 11.7 Å². The number of methoxy groups -OCH3 is 3. The van der Waals surface area contributed by atoms with Crippen LogP contribution >= 0.6 is 0 Å². The number of piperidine rings is 1. The Hall–Kier alpha value is -3.48. The Morgan fingerprint density at radius 2 is 1.58 bits per heavy atom. The van der Waals surface area contributed by atoms with Crippen LogP contribution in [0.3, 0.4) is 0 Å². The number of ether oxygens (including phenoxy) is 3. The standard InChI is InChI=1S/C24H28N2O5/c1-29-20-15-17(16-21(30-2)23(20)31-3)9-10-22(27)26-13-11-19(12-14-26)25-24(28)18-7-5-4-6-8-18/h4-10,15-16,19H,11-14H2,1-3H3,(H,25,28). The maximum atomic E-state index is 12.6. The first-order valence-electron chi connectivity index (χ1n) is 10.2. The Morgan fingerprint density at radius 1 is 0.968 bits per heavy atom. The van der Waals surface area contributed by atoms with Crippen molar-refractivity contribution < 1.29 is 23.8 Å². The zero-order chi connectivity index (χ0) is 22.2. The van der Waals surface area contributed by atoms with Crippen LogP contribution in [0.4, 0.5) is 0 Å². The molecule has 7 nitrogen and oxygen atoms in total. The monoisotopic (exact) mass is 424 g/mol. The van der Waals surface area contributed by atoms with E-state index in [1.807, 2.05) is 18.2 Å². The molecule has 0 atom stereocenters. The van der Waals surface area contributed by atoms with Gasteiger partial charge in [0.15, 0.2) is 11.5 Å². The molecule has 0 saturated carbocycles. The molecule has 0 unspecified atom stereocenters. The number of hydrogen-bond acceptors (Lipinski definition) is 5. The summed E-state index contributed by atoms with van der Waals surface area (Å²) in [6.45, 7) is 1.19. The highest BCUT2D eigenvalue weighted by atomic mass is 16.5. The van der Waals surface area contributed by atoms with E-state index in [-0.39, 0.29) is 17.9 Å². The van der Waals surface area contributed by atoms with Crippen LogP contribution in [0.2, 0.25) is 0 Å². The van der Waals surface area contributed by atoms with E-state index in [0.717, 1.165) is 18.4 Å². The van der Waals surface area contributed by atoms with Gasteiger partial charge in [-0.1, -0.05) is 18.2 Å². The van der Waals surface area contributed by atoms with Crippen LogP contribution in [-0.2, 0) is 4.79 Å². The molecule has 1 aliphatic rings. The average molecular weight is 424 g/mol. The molecule has 0 spiro atoms. The molecule has 7 heteroatoms. The van der Waals surface area contributed by atoms with Gasteiger partial charge in [0.05, 0.1) is 21.3 Å². The Bertz CT molecular complexity index is 909. The summed E-state index contributed by atoms with van der Waals surface area (Å²) in [4.78, 5) is 26.7. The molecular formula is C24H28N2O5. The molecule has 0 bridgehead atoms. The van der Waals surface area contributed by atoms with Gasteiger partial charge in [-0.25, -0.2) is 0 Å². The lowest BCUT2D eigenvalue weighted by atomic mass is 10.0. The van der Waals surface area contributed by atoms with Crippen LogP contribution in [0, 0.1) is 0 Å². The number of amides is 2. The van der Waals surface area contributed by atoms with Crippen molar-refractivity contribution in [2.75, 3.05) is 34.4 Å². The van der Waals surface area contributed by atoms with E-state index in [1.165, 1.54) is 0 Å². The molecule has 2 aromatic carbocycles. The van der Waals surface area contributed by atoms with E-state index in [4.69, 9.17) is 14.2 Å². The van der Waals surface area contributed by atoms with Gasteiger partial charge in [-0.15, -0.1) is 0 Å². The minimum Gasteiger partial charge on any atom is -0.493 e. The number of benzene rings is 2. The lowest BCUT2D eigenvalue weighted by Crippen LogP contribution is -2.46.